The second-order valence-electron chi connectivity index (χ2n) is 11.2. The van der Waals surface area contributed by atoms with Gasteiger partial charge in [0.15, 0.2) is 23.4 Å². The zero-order valence-electron chi connectivity index (χ0n) is 23.1. The molecule has 1 amide bonds. The highest BCUT2D eigenvalue weighted by molar-refractivity contribution is 5.84. The summed E-state index contributed by atoms with van der Waals surface area (Å²) in [5, 5.41) is 8.26. The predicted molar refractivity (Wildman–Crippen MR) is 157 cm³/mol. The number of epoxide rings is 1. The van der Waals surface area contributed by atoms with Crippen molar-refractivity contribution in [3.63, 3.8) is 0 Å². The first-order chi connectivity index (χ1) is 20.6. The van der Waals surface area contributed by atoms with Crippen LogP contribution in [-0.2, 0) is 16.0 Å². The van der Waals surface area contributed by atoms with Crippen molar-refractivity contribution in [1.29, 1.82) is 0 Å². The standard InChI is InChI=1S/C31H31N9O2/c32-28-23(3-1-12-33-28)29-36-25-8-9-27(39-14-2-13-34-39)37-30(25)40(29)21-5-6-22-19(17-21)4-7-24(22)35-20-10-15-38(16-11-20)31(41)26-18-42-26/h1-3,5-6,8-9,12-14,17,20,24,26,35H,4,7,10-11,15-16,18H2,(H2,32,33)/t24-,26+/m0/s1. The highest BCUT2D eigenvalue weighted by atomic mass is 16.6. The topological polar surface area (TPSA) is 132 Å². The van der Waals surface area contributed by atoms with Gasteiger partial charge in [-0.05, 0) is 79.3 Å². The maximum atomic E-state index is 12.4. The lowest BCUT2D eigenvalue weighted by Crippen LogP contribution is -2.46. The number of rotatable bonds is 6. The van der Waals surface area contributed by atoms with Gasteiger partial charge >= 0.3 is 0 Å². The lowest BCUT2D eigenvalue weighted by molar-refractivity contribution is -0.133. The molecule has 212 valence electrons. The van der Waals surface area contributed by atoms with E-state index in [0.717, 1.165) is 61.2 Å². The normalized spacial score (nSPS) is 20.2. The number of fused-ring (bicyclic) bond motifs is 2. The summed E-state index contributed by atoms with van der Waals surface area (Å²) < 4.78 is 9.01. The summed E-state index contributed by atoms with van der Waals surface area (Å²) in [7, 11) is 0. The van der Waals surface area contributed by atoms with E-state index < -0.39 is 0 Å². The van der Waals surface area contributed by atoms with Crippen LogP contribution in [0.25, 0.3) is 34.1 Å². The van der Waals surface area contributed by atoms with Gasteiger partial charge in [-0.1, -0.05) is 6.07 Å². The van der Waals surface area contributed by atoms with Crippen LogP contribution in [-0.4, -0.2) is 71.9 Å². The van der Waals surface area contributed by atoms with Gasteiger partial charge in [0.2, 0.25) is 0 Å². The Morgan fingerprint density at radius 1 is 1.02 bits per heavy atom. The number of carbonyl (C=O) groups excluding carboxylic acids is 1. The largest absolute Gasteiger partial charge is 0.383 e. The van der Waals surface area contributed by atoms with Crippen molar-refractivity contribution >= 4 is 22.9 Å². The van der Waals surface area contributed by atoms with Crippen molar-refractivity contribution < 1.29 is 9.53 Å². The summed E-state index contributed by atoms with van der Waals surface area (Å²) in [4.78, 5) is 28.6. The fourth-order valence-electron chi connectivity index (χ4n) is 6.37. The van der Waals surface area contributed by atoms with Gasteiger partial charge in [-0.2, -0.15) is 5.10 Å². The highest BCUT2D eigenvalue weighted by Gasteiger charge is 2.37. The minimum absolute atomic E-state index is 0.151. The molecule has 3 aliphatic rings. The van der Waals surface area contributed by atoms with Crippen LogP contribution in [0.3, 0.4) is 0 Å². The van der Waals surface area contributed by atoms with Gasteiger partial charge in [0.05, 0.1) is 12.2 Å². The Hall–Kier alpha value is -4.61. The number of nitrogens with one attached hydrogen (secondary N) is 1. The average molecular weight is 562 g/mol. The molecule has 5 aromatic rings. The second kappa shape index (κ2) is 10.0. The Kier molecular flexibility index (Phi) is 6.00. The third-order valence-electron chi connectivity index (χ3n) is 8.62. The Morgan fingerprint density at radius 3 is 2.69 bits per heavy atom. The van der Waals surface area contributed by atoms with E-state index in [9.17, 15) is 4.79 Å². The van der Waals surface area contributed by atoms with Gasteiger partial charge in [0.25, 0.3) is 5.91 Å². The maximum Gasteiger partial charge on any atom is 0.254 e. The molecule has 3 N–H and O–H groups in total. The number of imidazole rings is 1. The van der Waals surface area contributed by atoms with Gasteiger partial charge in [-0.15, -0.1) is 0 Å². The number of likely N-dealkylation sites (tertiary alicyclic amines) is 1. The Labute approximate surface area is 242 Å². The molecule has 0 bridgehead atoms. The van der Waals surface area contributed by atoms with Gasteiger partial charge < -0.3 is 20.7 Å². The first-order valence-electron chi connectivity index (χ1n) is 14.5. The fourth-order valence-corrected chi connectivity index (χ4v) is 6.37. The van der Waals surface area contributed by atoms with Crippen LogP contribution in [0.15, 0.2) is 67.1 Å². The predicted octanol–water partition coefficient (Wildman–Crippen LogP) is 3.22. The Bertz CT molecular complexity index is 1790. The quantitative estimate of drug-likeness (QED) is 0.302. The van der Waals surface area contributed by atoms with Gasteiger partial charge in [0.1, 0.15) is 11.3 Å². The monoisotopic (exact) mass is 561 g/mol. The number of pyridine rings is 2. The molecule has 0 spiro atoms. The van der Waals surface area contributed by atoms with Crippen LogP contribution >= 0.6 is 0 Å². The van der Waals surface area contributed by atoms with Crippen molar-refractivity contribution in [2.24, 2.45) is 0 Å². The van der Waals surface area contributed by atoms with Crippen LogP contribution < -0.4 is 11.1 Å². The zero-order valence-corrected chi connectivity index (χ0v) is 23.1. The summed E-state index contributed by atoms with van der Waals surface area (Å²) in [5.41, 5.74) is 12.2. The maximum absolute atomic E-state index is 12.4. The van der Waals surface area contributed by atoms with Crippen LogP contribution in [0, 0.1) is 0 Å². The molecule has 11 heteroatoms. The molecule has 4 aromatic heterocycles. The number of carbonyl (C=O) groups is 1. The number of aryl methyl sites for hydroxylation is 1. The molecule has 2 atom stereocenters. The number of hydrogen-bond donors (Lipinski definition) is 2. The molecule has 1 aromatic carbocycles. The molecule has 0 saturated carbocycles. The van der Waals surface area contributed by atoms with Crippen LogP contribution in [0.1, 0.15) is 36.4 Å². The molecule has 2 aliphatic heterocycles. The molecular weight excluding hydrogens is 530 g/mol. The molecule has 2 saturated heterocycles. The number of nitrogen functional groups attached to an aromatic ring is 1. The van der Waals surface area contributed by atoms with Crippen molar-refractivity contribution in [1.82, 2.24) is 39.5 Å². The van der Waals surface area contributed by atoms with Crippen LogP contribution in [0.2, 0.25) is 0 Å². The molecule has 2 fully saturated rings. The van der Waals surface area contributed by atoms with E-state index >= 15 is 0 Å². The lowest BCUT2D eigenvalue weighted by Gasteiger charge is -2.34. The van der Waals surface area contributed by atoms with E-state index in [1.54, 1.807) is 17.1 Å². The van der Waals surface area contributed by atoms with Crippen molar-refractivity contribution in [2.75, 3.05) is 25.4 Å². The van der Waals surface area contributed by atoms with E-state index in [4.69, 9.17) is 20.4 Å². The first kappa shape index (κ1) is 25.1. The third-order valence-corrected chi connectivity index (χ3v) is 8.62. The zero-order chi connectivity index (χ0) is 28.2. The number of ether oxygens (including phenoxy) is 1. The minimum Gasteiger partial charge on any atom is -0.383 e. The summed E-state index contributed by atoms with van der Waals surface area (Å²) >= 11 is 0. The molecule has 1 aliphatic carbocycles. The van der Waals surface area contributed by atoms with Gasteiger partial charge in [0, 0.05) is 49.5 Å². The minimum atomic E-state index is -0.194. The third kappa shape index (κ3) is 4.41. The van der Waals surface area contributed by atoms with E-state index in [1.165, 1.54) is 11.1 Å². The molecule has 8 rings (SSSR count). The van der Waals surface area contributed by atoms with Crippen LogP contribution in [0.5, 0.6) is 0 Å². The SMILES string of the molecule is Nc1ncccc1-c1nc2ccc(-n3cccn3)nc2n1-c1ccc2c(c1)CC[C@@H]2NC1CCN(C(=O)[C@H]2CO2)CC1. The Morgan fingerprint density at radius 2 is 1.90 bits per heavy atom. The molecule has 0 unspecified atom stereocenters. The molecule has 6 heterocycles. The van der Waals surface area contributed by atoms with Crippen molar-refractivity contribution in [3.8, 4) is 22.9 Å². The number of anilines is 1. The van der Waals surface area contributed by atoms with Crippen molar-refractivity contribution in [3.05, 3.63) is 78.2 Å². The Balaban J connectivity index is 1.11. The molecular formula is C31H31N9O2. The first-order valence-corrected chi connectivity index (χ1v) is 14.5. The number of aromatic nitrogens is 6. The van der Waals surface area contributed by atoms with Crippen molar-refractivity contribution in [2.45, 2.75) is 43.9 Å². The van der Waals surface area contributed by atoms with Gasteiger partial charge in [-0.25, -0.2) is 19.6 Å². The van der Waals surface area contributed by atoms with E-state index in [-0.39, 0.29) is 12.0 Å². The average Bonchev–Trinajstić information content (AvgIpc) is 3.39. The summed E-state index contributed by atoms with van der Waals surface area (Å²) in [5.74, 6) is 1.98. The number of piperidine rings is 1. The number of nitrogens with zero attached hydrogens (tertiary/aromatic N) is 7. The molecule has 42 heavy (non-hydrogen) atoms. The smallest absolute Gasteiger partial charge is 0.254 e. The summed E-state index contributed by atoms with van der Waals surface area (Å²) in [6.07, 6.45) is 9.06. The van der Waals surface area contributed by atoms with Gasteiger partial charge in [-0.3, -0.25) is 9.36 Å². The lowest BCUT2D eigenvalue weighted by atomic mass is 10.0. The summed E-state index contributed by atoms with van der Waals surface area (Å²) in [6.45, 7) is 2.15. The summed E-state index contributed by atoms with van der Waals surface area (Å²) in [6, 6.07) is 16.9. The van der Waals surface area contributed by atoms with Crippen LogP contribution in [0.4, 0.5) is 5.82 Å². The van der Waals surface area contributed by atoms with E-state index in [2.05, 4.69) is 38.2 Å². The number of nitrogens with two attached hydrogens (primary N) is 1. The molecule has 11 nitrogen and oxygen atoms in total. The fraction of sp³-hybridized carbons (Fsp3) is 0.323. The molecule has 0 radical (unpaired) electrons. The highest BCUT2D eigenvalue weighted by Crippen LogP contribution is 2.36. The second-order valence-corrected chi connectivity index (χ2v) is 11.2. The number of benzene rings is 1. The number of hydrogen-bond acceptors (Lipinski definition) is 8. The number of amides is 1. The van der Waals surface area contributed by atoms with E-state index in [1.807, 2.05) is 41.4 Å². The van der Waals surface area contributed by atoms with E-state index in [0.29, 0.717) is 36.2 Å².